The van der Waals surface area contributed by atoms with Crippen molar-refractivity contribution < 1.29 is 9.53 Å². The fourth-order valence-corrected chi connectivity index (χ4v) is 4.03. The van der Waals surface area contributed by atoms with Crippen molar-refractivity contribution in [2.24, 2.45) is 0 Å². The molecule has 0 bridgehead atoms. The summed E-state index contributed by atoms with van der Waals surface area (Å²) in [4.78, 5) is 13.1. The average Bonchev–Trinajstić information content (AvgIpc) is 3.08. The molecule has 4 rings (SSSR count). The number of benzene rings is 3. The molecule has 0 aliphatic heterocycles. The number of carbonyl (C=O) groups excluding carboxylic acids is 1. The van der Waals surface area contributed by atoms with Gasteiger partial charge < -0.3 is 10.1 Å². The van der Waals surface area contributed by atoms with Crippen LogP contribution in [0.4, 0.5) is 5.69 Å². The summed E-state index contributed by atoms with van der Waals surface area (Å²) in [5, 5.41) is 8.34. The fraction of sp³-hybridized carbons (Fsp3) is 0.214. The van der Waals surface area contributed by atoms with Gasteiger partial charge in [0.2, 0.25) is 0 Å². The number of anilines is 1. The number of hydrogen-bond donors (Lipinski definition) is 1. The summed E-state index contributed by atoms with van der Waals surface area (Å²) in [6.45, 7) is 8.82. The predicted octanol–water partition coefficient (Wildman–Crippen LogP) is 6.65. The van der Waals surface area contributed by atoms with E-state index in [0.717, 1.165) is 39.4 Å². The SMILES string of the molecule is Cc1ccc(C)c(OCc2cccc(C(=O)Nc3c(C)nn(Cc4ccccc4Cl)c3C)c2)c1. The predicted molar refractivity (Wildman–Crippen MR) is 137 cm³/mol. The van der Waals surface area contributed by atoms with Crippen molar-refractivity contribution in [3.63, 3.8) is 0 Å². The molecule has 0 aliphatic carbocycles. The zero-order valence-corrected chi connectivity index (χ0v) is 20.6. The zero-order chi connectivity index (χ0) is 24.2. The molecular weight excluding hydrogens is 446 g/mol. The van der Waals surface area contributed by atoms with E-state index in [1.54, 1.807) is 6.07 Å². The van der Waals surface area contributed by atoms with Gasteiger partial charge in [0.05, 0.1) is 23.6 Å². The van der Waals surface area contributed by atoms with E-state index in [9.17, 15) is 4.79 Å². The quantitative estimate of drug-likeness (QED) is 0.327. The van der Waals surface area contributed by atoms with Crippen LogP contribution in [0.3, 0.4) is 0 Å². The van der Waals surface area contributed by atoms with E-state index in [4.69, 9.17) is 16.3 Å². The summed E-state index contributed by atoms with van der Waals surface area (Å²) in [7, 11) is 0. The topological polar surface area (TPSA) is 56.1 Å². The van der Waals surface area contributed by atoms with E-state index in [-0.39, 0.29) is 5.91 Å². The van der Waals surface area contributed by atoms with Gasteiger partial charge in [-0.1, -0.05) is 54.1 Å². The first-order chi connectivity index (χ1) is 16.3. The number of rotatable bonds is 7. The molecule has 0 spiro atoms. The van der Waals surface area contributed by atoms with E-state index >= 15 is 0 Å². The van der Waals surface area contributed by atoms with E-state index in [1.807, 2.05) is 87.0 Å². The van der Waals surface area contributed by atoms with Crippen molar-refractivity contribution in [2.75, 3.05) is 5.32 Å². The number of aryl methyl sites for hydroxylation is 3. The largest absolute Gasteiger partial charge is 0.489 e. The number of amides is 1. The lowest BCUT2D eigenvalue weighted by molar-refractivity contribution is 0.102. The second-order valence-electron chi connectivity index (χ2n) is 8.51. The summed E-state index contributed by atoms with van der Waals surface area (Å²) in [6.07, 6.45) is 0. The van der Waals surface area contributed by atoms with Crippen molar-refractivity contribution in [1.82, 2.24) is 9.78 Å². The summed E-state index contributed by atoms with van der Waals surface area (Å²) >= 11 is 6.31. The maximum atomic E-state index is 13.1. The van der Waals surface area contributed by atoms with Crippen LogP contribution >= 0.6 is 11.6 Å². The zero-order valence-electron chi connectivity index (χ0n) is 19.9. The number of carbonyl (C=O) groups is 1. The van der Waals surface area contributed by atoms with Gasteiger partial charge in [0.15, 0.2) is 0 Å². The van der Waals surface area contributed by atoms with Crippen molar-refractivity contribution in [1.29, 1.82) is 0 Å². The number of halogens is 1. The Kier molecular flexibility index (Phi) is 7.03. The van der Waals surface area contributed by atoms with E-state index in [0.29, 0.717) is 29.4 Å². The number of hydrogen-bond acceptors (Lipinski definition) is 3. The highest BCUT2D eigenvalue weighted by atomic mass is 35.5. The number of ether oxygens (including phenoxy) is 1. The normalized spacial score (nSPS) is 10.9. The second-order valence-corrected chi connectivity index (χ2v) is 8.91. The minimum absolute atomic E-state index is 0.183. The van der Waals surface area contributed by atoms with Gasteiger partial charge in [-0.05, 0) is 74.2 Å². The molecule has 0 fully saturated rings. The van der Waals surface area contributed by atoms with Crippen molar-refractivity contribution in [3.8, 4) is 5.75 Å². The molecule has 0 unspecified atom stereocenters. The molecule has 0 atom stereocenters. The maximum absolute atomic E-state index is 13.1. The van der Waals surface area contributed by atoms with Crippen LogP contribution in [0.25, 0.3) is 0 Å². The molecule has 0 aliphatic rings. The van der Waals surface area contributed by atoms with Crippen LogP contribution in [-0.4, -0.2) is 15.7 Å². The smallest absolute Gasteiger partial charge is 0.255 e. The lowest BCUT2D eigenvalue weighted by Gasteiger charge is -2.11. The van der Waals surface area contributed by atoms with Crippen molar-refractivity contribution in [3.05, 3.63) is 111 Å². The first-order valence-electron chi connectivity index (χ1n) is 11.2. The molecular formula is C28H28ClN3O2. The molecule has 1 amide bonds. The van der Waals surface area contributed by atoms with E-state index in [1.165, 1.54) is 0 Å². The average molecular weight is 474 g/mol. The highest BCUT2D eigenvalue weighted by Crippen LogP contribution is 2.24. The van der Waals surface area contributed by atoms with Crippen LogP contribution < -0.4 is 10.1 Å². The van der Waals surface area contributed by atoms with Gasteiger partial charge in [0, 0.05) is 10.6 Å². The van der Waals surface area contributed by atoms with Gasteiger partial charge in [0.1, 0.15) is 12.4 Å². The third kappa shape index (κ3) is 5.32. The van der Waals surface area contributed by atoms with E-state index in [2.05, 4.69) is 16.5 Å². The van der Waals surface area contributed by atoms with E-state index < -0.39 is 0 Å². The summed E-state index contributed by atoms with van der Waals surface area (Å²) in [5.41, 5.74) is 7.05. The Bertz CT molecular complexity index is 1340. The van der Waals surface area contributed by atoms with Crippen LogP contribution in [0.15, 0.2) is 66.7 Å². The Morgan fingerprint density at radius 1 is 1.00 bits per heavy atom. The number of nitrogens with zero attached hydrogens (tertiary/aromatic N) is 2. The monoisotopic (exact) mass is 473 g/mol. The number of nitrogens with one attached hydrogen (secondary N) is 1. The van der Waals surface area contributed by atoms with Crippen molar-refractivity contribution in [2.45, 2.75) is 40.8 Å². The van der Waals surface area contributed by atoms with Gasteiger partial charge in [-0.25, -0.2) is 0 Å². The standard InChI is InChI=1S/C28H28ClN3O2/c1-18-12-13-19(2)26(14-18)34-17-22-8-7-10-23(15-22)28(33)30-27-20(3)31-32(21(27)4)16-24-9-5-6-11-25(24)29/h5-15H,16-17H2,1-4H3,(H,30,33). The van der Waals surface area contributed by atoms with Gasteiger partial charge in [-0.2, -0.15) is 5.10 Å². The molecule has 1 N–H and O–H groups in total. The molecule has 0 saturated carbocycles. The van der Waals surface area contributed by atoms with Gasteiger partial charge in [0.25, 0.3) is 5.91 Å². The van der Waals surface area contributed by atoms with Gasteiger partial charge in [-0.15, -0.1) is 0 Å². The molecule has 1 heterocycles. The number of aromatic nitrogens is 2. The molecule has 1 aromatic heterocycles. The maximum Gasteiger partial charge on any atom is 0.255 e. The lowest BCUT2D eigenvalue weighted by atomic mass is 10.1. The molecule has 6 heteroatoms. The summed E-state index contributed by atoms with van der Waals surface area (Å²) in [5.74, 6) is 0.670. The molecule has 174 valence electrons. The Balaban J connectivity index is 1.47. The molecule has 0 radical (unpaired) electrons. The Labute approximate surface area is 205 Å². The Hall–Kier alpha value is -3.57. The fourth-order valence-electron chi connectivity index (χ4n) is 3.83. The first kappa shape index (κ1) is 23.6. The Morgan fingerprint density at radius 3 is 2.59 bits per heavy atom. The molecule has 34 heavy (non-hydrogen) atoms. The highest BCUT2D eigenvalue weighted by Gasteiger charge is 2.16. The Morgan fingerprint density at radius 2 is 1.79 bits per heavy atom. The second kappa shape index (κ2) is 10.1. The van der Waals surface area contributed by atoms with Crippen LogP contribution in [0.2, 0.25) is 5.02 Å². The lowest BCUT2D eigenvalue weighted by Crippen LogP contribution is -2.14. The molecule has 3 aromatic carbocycles. The third-order valence-corrected chi connectivity index (χ3v) is 6.19. The molecule has 4 aromatic rings. The minimum Gasteiger partial charge on any atom is -0.489 e. The van der Waals surface area contributed by atoms with Crippen LogP contribution in [0.1, 0.15) is 44.0 Å². The summed E-state index contributed by atoms with van der Waals surface area (Å²) < 4.78 is 7.87. The first-order valence-corrected chi connectivity index (χ1v) is 11.6. The van der Waals surface area contributed by atoms with Crippen molar-refractivity contribution >= 4 is 23.2 Å². The highest BCUT2D eigenvalue weighted by molar-refractivity contribution is 6.31. The van der Waals surface area contributed by atoms with Crippen LogP contribution in [0, 0.1) is 27.7 Å². The van der Waals surface area contributed by atoms with Gasteiger partial charge >= 0.3 is 0 Å². The van der Waals surface area contributed by atoms with Crippen LogP contribution in [0.5, 0.6) is 5.75 Å². The summed E-state index contributed by atoms with van der Waals surface area (Å²) in [6, 6.07) is 21.3. The third-order valence-electron chi connectivity index (χ3n) is 5.83. The molecule has 0 saturated heterocycles. The van der Waals surface area contributed by atoms with Crippen LogP contribution in [-0.2, 0) is 13.2 Å². The minimum atomic E-state index is -0.183. The van der Waals surface area contributed by atoms with Gasteiger partial charge in [-0.3, -0.25) is 9.48 Å². The molecule has 5 nitrogen and oxygen atoms in total.